The van der Waals surface area contributed by atoms with E-state index in [9.17, 15) is 0 Å². The van der Waals surface area contributed by atoms with Crippen LogP contribution in [0.15, 0.2) is 22.7 Å². The Balaban J connectivity index is 2.11. The Morgan fingerprint density at radius 3 is 2.48 bits per heavy atom. The van der Waals surface area contributed by atoms with Crippen LogP contribution in [0.25, 0.3) is 0 Å². The Kier molecular flexibility index (Phi) is 5.75. The quantitative estimate of drug-likeness (QED) is 0.819. The molecule has 0 bridgehead atoms. The van der Waals surface area contributed by atoms with E-state index in [0.29, 0.717) is 12.0 Å². The van der Waals surface area contributed by atoms with Gasteiger partial charge in [0.25, 0.3) is 0 Å². The van der Waals surface area contributed by atoms with Crippen molar-refractivity contribution in [3.63, 3.8) is 0 Å². The average molecular weight is 374 g/mol. The summed E-state index contributed by atoms with van der Waals surface area (Å²) in [5.74, 6) is 0.801. The predicted octanol–water partition coefficient (Wildman–Crippen LogP) is 4.86. The molecule has 0 saturated carbocycles. The number of nitrogens with zero attached hydrogens (tertiary/aromatic N) is 1. The molecule has 118 valence electrons. The molecule has 2 nitrogen and oxygen atoms in total. The first-order chi connectivity index (χ1) is 9.82. The Morgan fingerprint density at radius 2 is 1.95 bits per heavy atom. The van der Waals surface area contributed by atoms with Crippen LogP contribution in [0.3, 0.4) is 0 Å². The van der Waals surface area contributed by atoms with Crippen molar-refractivity contribution in [2.45, 2.75) is 39.7 Å². The zero-order valence-corrected chi connectivity index (χ0v) is 15.5. The van der Waals surface area contributed by atoms with Gasteiger partial charge in [0.1, 0.15) is 0 Å². The van der Waals surface area contributed by atoms with Gasteiger partial charge in [0.2, 0.25) is 0 Å². The minimum absolute atomic E-state index is 0.249. The van der Waals surface area contributed by atoms with Gasteiger partial charge in [-0.2, -0.15) is 0 Å². The average Bonchev–Trinajstić information content (AvgIpc) is 2.43. The Bertz CT molecular complexity index is 476. The molecular formula is C17H26BrClN2. The van der Waals surface area contributed by atoms with Gasteiger partial charge >= 0.3 is 0 Å². The number of likely N-dealkylation sites (tertiary alicyclic amines) is 1. The number of rotatable bonds is 3. The second-order valence-corrected chi connectivity index (χ2v) is 8.38. The van der Waals surface area contributed by atoms with E-state index in [1.165, 1.54) is 18.4 Å². The third kappa shape index (κ3) is 4.22. The summed E-state index contributed by atoms with van der Waals surface area (Å²) in [6.07, 6.45) is 2.50. The molecule has 1 aliphatic heterocycles. The van der Waals surface area contributed by atoms with Gasteiger partial charge in [0.05, 0.1) is 0 Å². The Hall–Kier alpha value is -0.0900. The molecule has 0 amide bonds. The number of hydrogen-bond donors (Lipinski definition) is 1. The van der Waals surface area contributed by atoms with Crippen LogP contribution in [0.1, 0.15) is 45.2 Å². The monoisotopic (exact) mass is 372 g/mol. The van der Waals surface area contributed by atoms with E-state index in [1.807, 2.05) is 18.2 Å². The summed E-state index contributed by atoms with van der Waals surface area (Å²) in [5.41, 5.74) is 7.68. The molecule has 1 unspecified atom stereocenters. The lowest BCUT2D eigenvalue weighted by Crippen LogP contribution is -2.42. The summed E-state index contributed by atoms with van der Waals surface area (Å²) >= 11 is 9.80. The summed E-state index contributed by atoms with van der Waals surface area (Å²) in [5, 5.41) is 0.774. The van der Waals surface area contributed by atoms with Gasteiger partial charge in [0, 0.05) is 22.1 Å². The third-order valence-electron chi connectivity index (χ3n) is 4.74. The van der Waals surface area contributed by atoms with E-state index in [4.69, 9.17) is 17.3 Å². The van der Waals surface area contributed by atoms with Crippen LogP contribution < -0.4 is 5.73 Å². The molecule has 1 fully saturated rings. The van der Waals surface area contributed by atoms with Crippen molar-refractivity contribution in [1.82, 2.24) is 4.90 Å². The Labute approximate surface area is 142 Å². The van der Waals surface area contributed by atoms with E-state index < -0.39 is 0 Å². The van der Waals surface area contributed by atoms with Gasteiger partial charge in [0.15, 0.2) is 0 Å². The highest BCUT2D eigenvalue weighted by Crippen LogP contribution is 2.37. The molecule has 4 heteroatoms. The maximum absolute atomic E-state index is 6.16. The fraction of sp³-hybridized carbons (Fsp3) is 0.647. The summed E-state index contributed by atoms with van der Waals surface area (Å²) in [7, 11) is 0. The number of benzene rings is 1. The van der Waals surface area contributed by atoms with Crippen molar-refractivity contribution in [3.05, 3.63) is 33.3 Å². The van der Waals surface area contributed by atoms with Crippen molar-refractivity contribution in [1.29, 1.82) is 0 Å². The fourth-order valence-electron chi connectivity index (χ4n) is 3.32. The van der Waals surface area contributed by atoms with Crippen molar-refractivity contribution in [2.24, 2.45) is 17.1 Å². The van der Waals surface area contributed by atoms with Gasteiger partial charge < -0.3 is 5.73 Å². The molecule has 0 aromatic heterocycles. The molecule has 1 aliphatic rings. The largest absolute Gasteiger partial charge is 0.329 e. The van der Waals surface area contributed by atoms with Crippen molar-refractivity contribution in [3.8, 4) is 0 Å². The highest BCUT2D eigenvalue weighted by molar-refractivity contribution is 9.10. The summed E-state index contributed by atoms with van der Waals surface area (Å²) in [4.78, 5) is 2.51. The van der Waals surface area contributed by atoms with Crippen LogP contribution in [-0.4, -0.2) is 24.5 Å². The number of piperidine rings is 1. The molecule has 1 saturated heterocycles. The zero-order valence-electron chi connectivity index (χ0n) is 13.2. The van der Waals surface area contributed by atoms with Crippen molar-refractivity contribution in [2.75, 3.05) is 19.6 Å². The number of hydrogen-bond acceptors (Lipinski definition) is 2. The van der Waals surface area contributed by atoms with Crippen LogP contribution in [0.2, 0.25) is 5.02 Å². The highest BCUT2D eigenvalue weighted by Gasteiger charge is 2.31. The first kappa shape index (κ1) is 17.3. The van der Waals surface area contributed by atoms with E-state index in [-0.39, 0.29) is 6.04 Å². The van der Waals surface area contributed by atoms with E-state index in [1.54, 1.807) is 0 Å². The number of halogens is 2. The Morgan fingerprint density at radius 1 is 1.33 bits per heavy atom. The van der Waals surface area contributed by atoms with Crippen LogP contribution in [-0.2, 0) is 0 Å². The van der Waals surface area contributed by atoms with Gasteiger partial charge in [-0.1, -0.05) is 48.3 Å². The molecule has 1 heterocycles. The van der Waals surface area contributed by atoms with E-state index in [2.05, 4.69) is 41.6 Å². The molecule has 0 spiro atoms. The molecule has 0 radical (unpaired) electrons. The normalized spacial score (nSPS) is 19.7. The van der Waals surface area contributed by atoms with Gasteiger partial charge in [-0.15, -0.1) is 0 Å². The molecular weight excluding hydrogens is 348 g/mol. The number of nitrogens with two attached hydrogens (primary N) is 1. The lowest BCUT2D eigenvalue weighted by molar-refractivity contribution is 0.0844. The van der Waals surface area contributed by atoms with Crippen molar-refractivity contribution < 1.29 is 0 Å². The summed E-state index contributed by atoms with van der Waals surface area (Å²) in [6.45, 7) is 9.90. The standard InChI is InChI=1S/C17H26BrClN2/c1-17(2,3)12-6-8-21(9-7-12)16(11-20)14-10-13(19)4-5-15(14)18/h4-5,10,12,16H,6-9,11,20H2,1-3H3. The van der Waals surface area contributed by atoms with E-state index in [0.717, 1.165) is 28.5 Å². The first-order valence-corrected chi connectivity index (χ1v) is 8.89. The van der Waals surface area contributed by atoms with E-state index >= 15 is 0 Å². The van der Waals surface area contributed by atoms with Crippen molar-refractivity contribution >= 4 is 27.5 Å². The smallest absolute Gasteiger partial charge is 0.0482 e. The lowest BCUT2D eigenvalue weighted by atomic mass is 9.75. The molecule has 1 atom stereocenters. The maximum Gasteiger partial charge on any atom is 0.0482 e. The van der Waals surface area contributed by atoms with Crippen LogP contribution in [0.5, 0.6) is 0 Å². The zero-order chi connectivity index (χ0) is 15.6. The molecule has 1 aromatic rings. The van der Waals surface area contributed by atoms with Gasteiger partial charge in [-0.25, -0.2) is 0 Å². The minimum atomic E-state index is 0.249. The topological polar surface area (TPSA) is 29.3 Å². The first-order valence-electron chi connectivity index (χ1n) is 7.72. The predicted molar refractivity (Wildman–Crippen MR) is 94.7 cm³/mol. The van der Waals surface area contributed by atoms with Crippen LogP contribution in [0.4, 0.5) is 0 Å². The SMILES string of the molecule is CC(C)(C)C1CCN(C(CN)c2cc(Cl)ccc2Br)CC1. The van der Waals surface area contributed by atoms with Crippen LogP contribution in [0, 0.1) is 11.3 Å². The summed E-state index contributed by atoms with van der Waals surface area (Å²) < 4.78 is 1.10. The molecule has 2 rings (SSSR count). The summed E-state index contributed by atoms with van der Waals surface area (Å²) in [6, 6.07) is 6.22. The fourth-order valence-corrected chi connectivity index (χ4v) is 4.01. The molecule has 21 heavy (non-hydrogen) atoms. The minimum Gasteiger partial charge on any atom is -0.329 e. The van der Waals surface area contributed by atoms with Gasteiger partial charge in [-0.3, -0.25) is 4.90 Å². The molecule has 1 aromatic carbocycles. The second-order valence-electron chi connectivity index (χ2n) is 7.09. The highest BCUT2D eigenvalue weighted by atomic mass is 79.9. The van der Waals surface area contributed by atoms with Gasteiger partial charge in [-0.05, 0) is 61.0 Å². The molecule has 0 aliphatic carbocycles. The third-order valence-corrected chi connectivity index (χ3v) is 5.69. The maximum atomic E-state index is 6.16. The van der Waals surface area contributed by atoms with Crippen LogP contribution >= 0.6 is 27.5 Å². The second kappa shape index (κ2) is 6.99. The molecule has 2 N–H and O–H groups in total. The lowest BCUT2D eigenvalue weighted by Gasteiger charge is -2.42.